The molecule has 0 atom stereocenters. The van der Waals surface area contributed by atoms with Crippen LogP contribution in [0.15, 0.2) is 89.9 Å². The molecule has 0 saturated heterocycles. The summed E-state index contributed by atoms with van der Waals surface area (Å²) in [5.41, 5.74) is 2.90. The number of carbonyl (C=O) groups excluding carboxylic acids is 1. The second-order valence-electron chi connectivity index (χ2n) is 6.25. The van der Waals surface area contributed by atoms with Gasteiger partial charge in [-0.1, -0.05) is 46.3 Å². The Kier molecular flexibility index (Phi) is 5.67. The third kappa shape index (κ3) is 4.70. The van der Waals surface area contributed by atoms with Crippen LogP contribution in [0.4, 0.5) is 5.69 Å². The number of anilines is 1. The summed E-state index contributed by atoms with van der Waals surface area (Å²) in [6.45, 7) is 0.438. The first-order valence-corrected chi connectivity index (χ1v) is 9.71. The van der Waals surface area contributed by atoms with E-state index in [1.54, 1.807) is 23.1 Å². The molecule has 0 bridgehead atoms. The third-order valence-corrected chi connectivity index (χ3v) is 4.73. The van der Waals surface area contributed by atoms with Crippen molar-refractivity contribution in [2.24, 2.45) is 0 Å². The van der Waals surface area contributed by atoms with Crippen LogP contribution in [0, 0.1) is 0 Å². The molecule has 7 heteroatoms. The molecule has 0 fully saturated rings. The summed E-state index contributed by atoms with van der Waals surface area (Å²) in [4.78, 5) is 16.7. The zero-order valence-electron chi connectivity index (χ0n) is 15.3. The van der Waals surface area contributed by atoms with Gasteiger partial charge in [0.2, 0.25) is 0 Å². The molecule has 4 aromatic rings. The Morgan fingerprint density at radius 3 is 2.55 bits per heavy atom. The van der Waals surface area contributed by atoms with Gasteiger partial charge in [-0.25, -0.2) is 9.67 Å². The topological polar surface area (TPSA) is 69.0 Å². The largest absolute Gasteiger partial charge is 0.489 e. The Bertz CT molecular complexity index is 1100. The summed E-state index contributed by atoms with van der Waals surface area (Å²) in [6, 6.07) is 22.5. The fourth-order valence-corrected chi connectivity index (χ4v) is 3.13. The molecule has 0 spiro atoms. The molecule has 0 saturated carbocycles. The minimum Gasteiger partial charge on any atom is -0.489 e. The highest BCUT2D eigenvalue weighted by Gasteiger charge is 2.12. The van der Waals surface area contributed by atoms with Crippen LogP contribution in [0.2, 0.25) is 0 Å². The number of aromatic nitrogens is 3. The van der Waals surface area contributed by atoms with Gasteiger partial charge in [-0.3, -0.25) is 4.79 Å². The highest BCUT2D eigenvalue weighted by molar-refractivity contribution is 9.10. The van der Waals surface area contributed by atoms with Crippen molar-refractivity contribution in [3.63, 3.8) is 0 Å². The highest BCUT2D eigenvalue weighted by atomic mass is 79.9. The van der Waals surface area contributed by atoms with Crippen molar-refractivity contribution in [3.8, 4) is 11.4 Å². The highest BCUT2D eigenvalue weighted by Crippen LogP contribution is 2.25. The second kappa shape index (κ2) is 8.70. The lowest BCUT2D eigenvalue weighted by molar-refractivity contribution is 0.102. The summed E-state index contributed by atoms with van der Waals surface area (Å²) in [7, 11) is 0. The molecular weight excluding hydrogens is 432 g/mol. The molecule has 0 aliphatic rings. The van der Waals surface area contributed by atoms with Gasteiger partial charge in [0, 0.05) is 10.0 Å². The van der Waals surface area contributed by atoms with E-state index in [1.165, 1.54) is 6.33 Å². The SMILES string of the molecule is O=C(Nc1cc(Br)ccc1-n1cncn1)c1ccc(COc2ccccc2)cc1. The number of hydrogen-bond donors (Lipinski definition) is 1. The smallest absolute Gasteiger partial charge is 0.255 e. The molecule has 6 nitrogen and oxygen atoms in total. The molecule has 3 aromatic carbocycles. The van der Waals surface area contributed by atoms with Crippen molar-refractivity contribution in [1.82, 2.24) is 14.8 Å². The first-order chi connectivity index (χ1) is 14.2. The molecule has 1 N–H and O–H groups in total. The summed E-state index contributed by atoms with van der Waals surface area (Å²) in [5, 5.41) is 7.08. The Balaban J connectivity index is 1.46. The first-order valence-electron chi connectivity index (χ1n) is 8.92. The number of halogens is 1. The van der Waals surface area contributed by atoms with Crippen molar-refractivity contribution in [2.75, 3.05) is 5.32 Å². The van der Waals surface area contributed by atoms with E-state index in [0.717, 1.165) is 21.5 Å². The molecule has 29 heavy (non-hydrogen) atoms. The van der Waals surface area contributed by atoms with E-state index in [2.05, 4.69) is 31.3 Å². The van der Waals surface area contributed by atoms with Crippen LogP contribution in [0.3, 0.4) is 0 Å². The van der Waals surface area contributed by atoms with E-state index in [4.69, 9.17) is 4.74 Å². The van der Waals surface area contributed by atoms with Crippen LogP contribution < -0.4 is 10.1 Å². The lowest BCUT2D eigenvalue weighted by atomic mass is 10.1. The van der Waals surface area contributed by atoms with Crippen molar-refractivity contribution in [2.45, 2.75) is 6.61 Å². The maximum Gasteiger partial charge on any atom is 0.255 e. The number of amides is 1. The number of benzene rings is 3. The predicted octanol–water partition coefficient (Wildman–Crippen LogP) is 4.86. The Hall–Kier alpha value is -3.45. The summed E-state index contributed by atoms with van der Waals surface area (Å²) < 4.78 is 8.19. The van der Waals surface area contributed by atoms with Crippen LogP contribution >= 0.6 is 15.9 Å². The molecule has 1 heterocycles. The molecular formula is C22H17BrN4O2. The number of nitrogens with one attached hydrogen (secondary N) is 1. The number of ether oxygens (including phenoxy) is 1. The van der Waals surface area contributed by atoms with Gasteiger partial charge in [0.15, 0.2) is 0 Å². The minimum absolute atomic E-state index is 0.208. The number of rotatable bonds is 6. The van der Waals surface area contributed by atoms with Crippen LogP contribution in [0.1, 0.15) is 15.9 Å². The third-order valence-electron chi connectivity index (χ3n) is 4.24. The molecule has 0 aliphatic heterocycles. The van der Waals surface area contributed by atoms with Crippen LogP contribution in [-0.2, 0) is 6.61 Å². The standard InChI is InChI=1S/C22H17BrN4O2/c23-18-10-11-21(27-15-24-14-25-27)20(12-18)26-22(28)17-8-6-16(7-9-17)13-29-19-4-2-1-3-5-19/h1-12,14-15H,13H2,(H,26,28). The van der Waals surface area contributed by atoms with E-state index in [1.807, 2.05) is 60.7 Å². The number of para-hydroxylation sites is 1. The number of nitrogens with zero attached hydrogens (tertiary/aromatic N) is 3. The van der Waals surface area contributed by atoms with Gasteiger partial charge in [-0.2, -0.15) is 5.10 Å². The van der Waals surface area contributed by atoms with Crippen molar-refractivity contribution >= 4 is 27.5 Å². The quantitative estimate of drug-likeness (QED) is 0.457. The fraction of sp³-hybridized carbons (Fsp3) is 0.0455. The molecule has 1 aromatic heterocycles. The monoisotopic (exact) mass is 448 g/mol. The van der Waals surface area contributed by atoms with Crippen molar-refractivity contribution in [1.29, 1.82) is 0 Å². The van der Waals surface area contributed by atoms with Crippen molar-refractivity contribution < 1.29 is 9.53 Å². The molecule has 4 rings (SSSR count). The number of hydrogen-bond acceptors (Lipinski definition) is 4. The molecule has 1 amide bonds. The van der Waals surface area contributed by atoms with Gasteiger partial charge in [-0.05, 0) is 48.0 Å². The van der Waals surface area contributed by atoms with Gasteiger partial charge >= 0.3 is 0 Å². The Morgan fingerprint density at radius 2 is 1.83 bits per heavy atom. The van der Waals surface area contributed by atoms with Crippen molar-refractivity contribution in [3.05, 3.63) is 101 Å². The van der Waals surface area contributed by atoms with Gasteiger partial charge in [0.1, 0.15) is 25.0 Å². The van der Waals surface area contributed by atoms with E-state index in [-0.39, 0.29) is 5.91 Å². The maximum atomic E-state index is 12.7. The lowest BCUT2D eigenvalue weighted by Crippen LogP contribution is -2.14. The van der Waals surface area contributed by atoms with Crippen LogP contribution in [0.5, 0.6) is 5.75 Å². The number of carbonyl (C=O) groups is 1. The van der Waals surface area contributed by atoms with Crippen LogP contribution in [0.25, 0.3) is 5.69 Å². The molecule has 0 aliphatic carbocycles. The second-order valence-corrected chi connectivity index (χ2v) is 7.17. The van der Waals surface area contributed by atoms with E-state index >= 15 is 0 Å². The zero-order chi connectivity index (χ0) is 20.1. The molecule has 0 unspecified atom stereocenters. The average molecular weight is 449 g/mol. The fourth-order valence-electron chi connectivity index (χ4n) is 2.77. The molecule has 0 radical (unpaired) electrons. The van der Waals surface area contributed by atoms with Gasteiger partial charge in [0.25, 0.3) is 5.91 Å². The van der Waals surface area contributed by atoms with Gasteiger partial charge in [-0.15, -0.1) is 0 Å². The van der Waals surface area contributed by atoms with Crippen LogP contribution in [-0.4, -0.2) is 20.7 Å². The van der Waals surface area contributed by atoms with Gasteiger partial charge in [0.05, 0.1) is 11.4 Å². The first kappa shape index (κ1) is 18.9. The molecule has 144 valence electrons. The Morgan fingerprint density at radius 1 is 1.03 bits per heavy atom. The zero-order valence-corrected chi connectivity index (χ0v) is 16.9. The summed E-state index contributed by atoms with van der Waals surface area (Å²) >= 11 is 3.44. The van der Waals surface area contributed by atoms with Gasteiger partial charge < -0.3 is 10.1 Å². The summed E-state index contributed by atoms with van der Waals surface area (Å²) in [5.74, 6) is 0.601. The minimum atomic E-state index is -0.208. The van der Waals surface area contributed by atoms with E-state index in [0.29, 0.717) is 17.9 Å². The predicted molar refractivity (Wildman–Crippen MR) is 114 cm³/mol. The normalized spacial score (nSPS) is 10.5. The van der Waals surface area contributed by atoms with E-state index < -0.39 is 0 Å². The maximum absolute atomic E-state index is 12.7. The average Bonchev–Trinajstić information content (AvgIpc) is 3.28. The lowest BCUT2D eigenvalue weighted by Gasteiger charge is -2.12. The van der Waals surface area contributed by atoms with E-state index in [9.17, 15) is 4.79 Å². The Labute approximate surface area is 176 Å². The summed E-state index contributed by atoms with van der Waals surface area (Å²) in [6.07, 6.45) is 3.03.